The molecule has 1 aromatic carbocycles. The van der Waals surface area contributed by atoms with Crippen molar-refractivity contribution in [1.82, 2.24) is 10.2 Å². The zero-order valence-corrected chi connectivity index (χ0v) is 16.0. The van der Waals surface area contributed by atoms with Crippen LogP contribution in [0.3, 0.4) is 0 Å². The number of aryl methyl sites for hydroxylation is 1. The first-order valence-corrected chi connectivity index (χ1v) is 9.32. The van der Waals surface area contributed by atoms with E-state index in [2.05, 4.69) is 20.5 Å². The molecule has 0 radical (unpaired) electrons. The lowest BCUT2D eigenvalue weighted by atomic mass is 10.2. The summed E-state index contributed by atoms with van der Waals surface area (Å²) >= 11 is 6.11. The fourth-order valence-corrected chi connectivity index (χ4v) is 2.90. The summed E-state index contributed by atoms with van der Waals surface area (Å²) in [5, 5.41) is 6.29. The Morgan fingerprint density at radius 1 is 1.38 bits per heavy atom. The highest BCUT2D eigenvalue weighted by molar-refractivity contribution is 6.33. The molecule has 2 rings (SSSR count). The predicted octanol–water partition coefficient (Wildman–Crippen LogP) is 1.60. The van der Waals surface area contributed by atoms with Crippen molar-refractivity contribution in [3.63, 3.8) is 0 Å². The van der Waals surface area contributed by atoms with Gasteiger partial charge in [-0.25, -0.2) is 0 Å². The van der Waals surface area contributed by atoms with Gasteiger partial charge in [0.1, 0.15) is 0 Å². The molecular formula is C18H28ClN5O2. The van der Waals surface area contributed by atoms with Crippen LogP contribution in [0.5, 0.6) is 0 Å². The molecule has 1 aliphatic heterocycles. The molecule has 4 N–H and O–H groups in total. The first-order chi connectivity index (χ1) is 12.5. The van der Waals surface area contributed by atoms with Crippen LogP contribution in [0.25, 0.3) is 0 Å². The molecule has 1 fully saturated rings. The fraction of sp³-hybridized carbons (Fsp3) is 0.556. The third-order valence-corrected chi connectivity index (χ3v) is 4.39. The smallest absolute Gasteiger partial charge is 0.226 e. The monoisotopic (exact) mass is 381 g/mol. The number of morpholine rings is 1. The normalized spacial score (nSPS) is 15.7. The Balaban J connectivity index is 1.59. The molecule has 1 saturated heterocycles. The zero-order chi connectivity index (χ0) is 18.8. The number of carbonyl (C=O) groups is 1. The van der Waals surface area contributed by atoms with Gasteiger partial charge in [-0.15, -0.1) is 0 Å². The molecule has 0 saturated carbocycles. The van der Waals surface area contributed by atoms with Gasteiger partial charge in [0.25, 0.3) is 0 Å². The first-order valence-electron chi connectivity index (χ1n) is 8.94. The van der Waals surface area contributed by atoms with E-state index in [0.29, 0.717) is 29.8 Å². The minimum Gasteiger partial charge on any atom is -0.379 e. The molecule has 0 aromatic heterocycles. The molecule has 1 aromatic rings. The molecule has 0 spiro atoms. The minimum absolute atomic E-state index is 0.122. The van der Waals surface area contributed by atoms with E-state index in [1.165, 1.54) is 0 Å². The van der Waals surface area contributed by atoms with Gasteiger partial charge in [0, 0.05) is 39.1 Å². The minimum atomic E-state index is -0.122. The Bertz CT molecular complexity index is 618. The Hall–Kier alpha value is -1.83. The Morgan fingerprint density at radius 2 is 2.15 bits per heavy atom. The molecule has 0 aliphatic carbocycles. The molecule has 26 heavy (non-hydrogen) atoms. The largest absolute Gasteiger partial charge is 0.379 e. The molecular weight excluding hydrogens is 354 g/mol. The van der Waals surface area contributed by atoms with Crippen molar-refractivity contribution in [2.75, 3.05) is 51.3 Å². The van der Waals surface area contributed by atoms with Gasteiger partial charge < -0.3 is 21.1 Å². The van der Waals surface area contributed by atoms with Crippen LogP contribution in [0.4, 0.5) is 5.69 Å². The maximum absolute atomic E-state index is 12.0. The summed E-state index contributed by atoms with van der Waals surface area (Å²) in [7, 11) is 0. The number of hydrogen-bond acceptors (Lipinski definition) is 4. The molecule has 1 amide bonds. The molecule has 144 valence electrons. The lowest BCUT2D eigenvalue weighted by Crippen LogP contribution is -2.37. The number of amides is 1. The summed E-state index contributed by atoms with van der Waals surface area (Å²) in [6.07, 6.45) is 1.24. The summed E-state index contributed by atoms with van der Waals surface area (Å²) in [6.45, 7) is 7.63. The number of carbonyl (C=O) groups excluding carboxylic acids is 1. The molecule has 1 heterocycles. The van der Waals surface area contributed by atoms with Crippen molar-refractivity contribution in [3.05, 3.63) is 28.8 Å². The standard InChI is InChI=1S/C18H28ClN5O2/c1-14-3-4-16(15(19)13-14)23-17(25)5-7-22-18(20)21-6-2-8-24-9-11-26-12-10-24/h3-4,13H,2,5-12H2,1H3,(H,23,25)(H3,20,21,22). The number of nitrogens with two attached hydrogens (primary N) is 1. The predicted molar refractivity (Wildman–Crippen MR) is 106 cm³/mol. The number of nitrogens with one attached hydrogen (secondary N) is 2. The van der Waals surface area contributed by atoms with Gasteiger partial charge in [0.05, 0.1) is 23.9 Å². The van der Waals surface area contributed by atoms with Crippen LogP contribution >= 0.6 is 11.6 Å². The molecule has 1 aliphatic rings. The summed E-state index contributed by atoms with van der Waals surface area (Å²) in [5.74, 6) is 0.247. The number of rotatable bonds is 8. The average molecular weight is 382 g/mol. The topological polar surface area (TPSA) is 92.0 Å². The number of anilines is 1. The highest BCUT2D eigenvalue weighted by atomic mass is 35.5. The quantitative estimate of drug-likeness (QED) is 0.361. The molecule has 0 unspecified atom stereocenters. The van der Waals surface area contributed by atoms with E-state index in [1.807, 2.05) is 19.1 Å². The van der Waals surface area contributed by atoms with E-state index < -0.39 is 0 Å². The van der Waals surface area contributed by atoms with Gasteiger partial charge in [0.15, 0.2) is 5.96 Å². The van der Waals surface area contributed by atoms with Crippen molar-refractivity contribution >= 4 is 29.2 Å². The Morgan fingerprint density at radius 3 is 2.88 bits per heavy atom. The van der Waals surface area contributed by atoms with Crippen LogP contribution in [-0.4, -0.2) is 62.7 Å². The summed E-state index contributed by atoms with van der Waals surface area (Å²) in [4.78, 5) is 18.6. The number of nitrogens with zero attached hydrogens (tertiary/aromatic N) is 2. The second-order valence-electron chi connectivity index (χ2n) is 6.28. The van der Waals surface area contributed by atoms with Crippen LogP contribution in [0, 0.1) is 6.92 Å². The average Bonchev–Trinajstić information content (AvgIpc) is 2.62. The Labute approximate surface area is 159 Å². The third kappa shape index (κ3) is 7.59. The van der Waals surface area contributed by atoms with Crippen molar-refractivity contribution in [3.8, 4) is 0 Å². The second kappa shape index (κ2) is 11.0. The highest BCUT2D eigenvalue weighted by Gasteiger charge is 2.09. The van der Waals surface area contributed by atoms with Crippen LogP contribution in [0.1, 0.15) is 18.4 Å². The maximum Gasteiger partial charge on any atom is 0.226 e. The van der Waals surface area contributed by atoms with Crippen molar-refractivity contribution in [2.24, 2.45) is 10.7 Å². The van der Waals surface area contributed by atoms with Crippen molar-refractivity contribution in [1.29, 1.82) is 0 Å². The van der Waals surface area contributed by atoms with Gasteiger partial charge in [-0.2, -0.15) is 0 Å². The third-order valence-electron chi connectivity index (χ3n) is 4.08. The van der Waals surface area contributed by atoms with Gasteiger partial charge in [-0.3, -0.25) is 14.7 Å². The van der Waals surface area contributed by atoms with Gasteiger partial charge >= 0.3 is 0 Å². The number of aliphatic imine (C=N–C) groups is 1. The number of benzene rings is 1. The van der Waals surface area contributed by atoms with Crippen LogP contribution in [-0.2, 0) is 9.53 Å². The molecule has 0 atom stereocenters. The zero-order valence-electron chi connectivity index (χ0n) is 15.3. The van der Waals surface area contributed by atoms with Crippen LogP contribution in [0.2, 0.25) is 5.02 Å². The van der Waals surface area contributed by atoms with Crippen LogP contribution in [0.15, 0.2) is 23.2 Å². The van der Waals surface area contributed by atoms with Gasteiger partial charge in [-0.1, -0.05) is 17.7 Å². The van der Waals surface area contributed by atoms with E-state index in [9.17, 15) is 4.79 Å². The van der Waals surface area contributed by atoms with Crippen LogP contribution < -0.4 is 16.4 Å². The van der Waals surface area contributed by atoms with Crippen molar-refractivity contribution in [2.45, 2.75) is 19.8 Å². The molecule has 0 bridgehead atoms. The fourth-order valence-electron chi connectivity index (χ4n) is 2.61. The first kappa shape index (κ1) is 20.5. The summed E-state index contributed by atoms with van der Waals surface area (Å²) in [6, 6.07) is 5.52. The lowest BCUT2D eigenvalue weighted by Gasteiger charge is -2.26. The SMILES string of the molecule is Cc1ccc(NC(=O)CCNC(N)=NCCCN2CCOCC2)c(Cl)c1. The summed E-state index contributed by atoms with van der Waals surface area (Å²) < 4.78 is 5.32. The maximum atomic E-state index is 12.0. The number of ether oxygens (including phenoxy) is 1. The number of guanidine groups is 1. The Kier molecular flexibility index (Phi) is 8.67. The molecule has 8 heteroatoms. The van der Waals surface area contributed by atoms with E-state index in [4.69, 9.17) is 22.1 Å². The summed E-state index contributed by atoms with van der Waals surface area (Å²) in [5.41, 5.74) is 7.49. The van der Waals surface area contributed by atoms with E-state index in [1.54, 1.807) is 6.07 Å². The lowest BCUT2D eigenvalue weighted by molar-refractivity contribution is -0.116. The van der Waals surface area contributed by atoms with E-state index in [0.717, 1.165) is 44.8 Å². The van der Waals surface area contributed by atoms with Gasteiger partial charge in [-0.05, 0) is 31.0 Å². The number of hydrogen-bond donors (Lipinski definition) is 3. The number of halogens is 1. The van der Waals surface area contributed by atoms with E-state index >= 15 is 0 Å². The highest BCUT2D eigenvalue weighted by Crippen LogP contribution is 2.22. The second-order valence-corrected chi connectivity index (χ2v) is 6.69. The molecule has 7 nitrogen and oxygen atoms in total. The van der Waals surface area contributed by atoms with E-state index in [-0.39, 0.29) is 12.3 Å². The van der Waals surface area contributed by atoms with Crippen molar-refractivity contribution < 1.29 is 9.53 Å². The van der Waals surface area contributed by atoms with Gasteiger partial charge in [0.2, 0.25) is 5.91 Å².